The van der Waals surface area contributed by atoms with Gasteiger partial charge in [-0.2, -0.15) is 0 Å². The SMILES string of the molecule is Cn1c(-c2ccc3c(c2)OCO3)cnc1NC(=O)CCC(=O)NC[C@@H]1CCCO1. The number of imidazole rings is 1. The van der Waals surface area contributed by atoms with Crippen LogP contribution in [0.4, 0.5) is 5.95 Å². The van der Waals surface area contributed by atoms with Crippen molar-refractivity contribution in [2.24, 2.45) is 7.05 Å². The van der Waals surface area contributed by atoms with E-state index < -0.39 is 0 Å². The zero-order valence-corrected chi connectivity index (χ0v) is 16.3. The van der Waals surface area contributed by atoms with E-state index in [9.17, 15) is 9.59 Å². The van der Waals surface area contributed by atoms with Gasteiger partial charge in [0.1, 0.15) is 0 Å². The molecule has 1 aromatic heterocycles. The lowest BCUT2D eigenvalue weighted by molar-refractivity contribution is -0.124. The number of nitrogens with zero attached hydrogens (tertiary/aromatic N) is 2. The summed E-state index contributed by atoms with van der Waals surface area (Å²) in [5, 5.41) is 5.57. The van der Waals surface area contributed by atoms with Crippen LogP contribution in [0.5, 0.6) is 11.5 Å². The first-order chi connectivity index (χ1) is 14.1. The van der Waals surface area contributed by atoms with Gasteiger partial charge in [-0.3, -0.25) is 14.9 Å². The average molecular weight is 400 g/mol. The lowest BCUT2D eigenvalue weighted by Gasteiger charge is -2.11. The molecule has 2 aromatic rings. The summed E-state index contributed by atoms with van der Waals surface area (Å²) in [4.78, 5) is 28.4. The summed E-state index contributed by atoms with van der Waals surface area (Å²) < 4.78 is 18.0. The van der Waals surface area contributed by atoms with Crippen molar-refractivity contribution in [1.82, 2.24) is 14.9 Å². The van der Waals surface area contributed by atoms with E-state index >= 15 is 0 Å². The van der Waals surface area contributed by atoms with E-state index in [4.69, 9.17) is 14.2 Å². The van der Waals surface area contributed by atoms with E-state index in [0.29, 0.717) is 24.0 Å². The van der Waals surface area contributed by atoms with Gasteiger partial charge in [-0.1, -0.05) is 0 Å². The molecule has 0 radical (unpaired) electrons. The van der Waals surface area contributed by atoms with Crippen LogP contribution < -0.4 is 20.1 Å². The van der Waals surface area contributed by atoms with Crippen LogP contribution >= 0.6 is 0 Å². The van der Waals surface area contributed by atoms with Crippen molar-refractivity contribution in [3.63, 3.8) is 0 Å². The molecule has 0 aliphatic carbocycles. The number of nitrogens with one attached hydrogen (secondary N) is 2. The Bertz CT molecular complexity index is 904. The van der Waals surface area contributed by atoms with Gasteiger partial charge in [0.25, 0.3) is 0 Å². The Morgan fingerprint density at radius 2 is 2.03 bits per heavy atom. The number of ether oxygens (including phenoxy) is 3. The number of hydrogen-bond acceptors (Lipinski definition) is 6. The lowest BCUT2D eigenvalue weighted by Crippen LogP contribution is -2.32. The van der Waals surface area contributed by atoms with Gasteiger partial charge in [-0.15, -0.1) is 0 Å². The maximum Gasteiger partial charge on any atom is 0.231 e. The molecule has 2 aliphatic rings. The standard InChI is InChI=1S/C20H24N4O5/c1-24-15(13-4-5-16-17(9-13)29-12-28-16)11-22-20(24)23-19(26)7-6-18(25)21-10-14-3-2-8-27-14/h4-5,9,11,14H,2-3,6-8,10,12H2,1H3,(H,21,25)(H,22,23,26)/t14-/m0/s1. The maximum atomic E-state index is 12.2. The average Bonchev–Trinajstić information content (AvgIpc) is 3.46. The van der Waals surface area contributed by atoms with Crippen LogP contribution in [-0.4, -0.2) is 47.4 Å². The molecule has 1 fully saturated rings. The van der Waals surface area contributed by atoms with Gasteiger partial charge in [0.2, 0.25) is 24.6 Å². The number of carbonyl (C=O) groups excluding carboxylic acids is 2. The fourth-order valence-corrected chi connectivity index (χ4v) is 3.39. The van der Waals surface area contributed by atoms with Gasteiger partial charge in [-0.25, -0.2) is 4.98 Å². The number of aromatic nitrogens is 2. The van der Waals surface area contributed by atoms with E-state index in [1.54, 1.807) is 10.8 Å². The fraction of sp³-hybridized carbons (Fsp3) is 0.450. The van der Waals surface area contributed by atoms with Gasteiger partial charge in [-0.05, 0) is 31.0 Å². The van der Waals surface area contributed by atoms with Crippen LogP contribution in [0, 0.1) is 0 Å². The highest BCUT2D eigenvalue weighted by Crippen LogP contribution is 2.36. The number of anilines is 1. The summed E-state index contributed by atoms with van der Waals surface area (Å²) in [6, 6.07) is 5.63. The minimum atomic E-state index is -0.261. The number of fused-ring (bicyclic) bond motifs is 1. The normalized spacial score (nSPS) is 17.3. The second-order valence-corrected chi connectivity index (χ2v) is 7.08. The van der Waals surface area contributed by atoms with E-state index in [2.05, 4.69) is 15.6 Å². The van der Waals surface area contributed by atoms with Gasteiger partial charge >= 0.3 is 0 Å². The molecule has 0 saturated carbocycles. The molecule has 154 valence electrons. The summed E-state index contributed by atoms with van der Waals surface area (Å²) in [6.07, 6.45) is 3.98. The summed E-state index contributed by atoms with van der Waals surface area (Å²) >= 11 is 0. The van der Waals surface area contributed by atoms with Crippen LogP contribution in [0.3, 0.4) is 0 Å². The van der Waals surface area contributed by atoms with Gasteiger partial charge in [0.05, 0.1) is 18.0 Å². The van der Waals surface area contributed by atoms with Gasteiger partial charge in [0, 0.05) is 38.6 Å². The highest BCUT2D eigenvalue weighted by molar-refractivity contribution is 5.92. The monoisotopic (exact) mass is 400 g/mol. The second kappa shape index (κ2) is 8.52. The smallest absolute Gasteiger partial charge is 0.231 e. The van der Waals surface area contributed by atoms with E-state index in [1.807, 2.05) is 25.2 Å². The summed E-state index contributed by atoms with van der Waals surface area (Å²) in [7, 11) is 1.82. The number of benzene rings is 1. The van der Waals surface area contributed by atoms with E-state index in [-0.39, 0.29) is 37.6 Å². The molecular formula is C20H24N4O5. The van der Waals surface area contributed by atoms with Crippen LogP contribution in [0.2, 0.25) is 0 Å². The molecular weight excluding hydrogens is 376 g/mol. The Kier molecular flexibility index (Phi) is 5.66. The number of hydrogen-bond donors (Lipinski definition) is 2. The van der Waals surface area contributed by atoms with Crippen molar-refractivity contribution < 1.29 is 23.8 Å². The molecule has 1 atom stereocenters. The van der Waals surface area contributed by atoms with Crippen LogP contribution in [-0.2, 0) is 21.4 Å². The fourth-order valence-electron chi connectivity index (χ4n) is 3.39. The van der Waals surface area contributed by atoms with Crippen LogP contribution in [0.25, 0.3) is 11.3 Å². The molecule has 2 amide bonds. The Morgan fingerprint density at radius 3 is 2.86 bits per heavy atom. The number of rotatable bonds is 7. The molecule has 2 N–H and O–H groups in total. The Morgan fingerprint density at radius 1 is 1.21 bits per heavy atom. The van der Waals surface area contributed by atoms with Crippen LogP contribution in [0.1, 0.15) is 25.7 Å². The van der Waals surface area contributed by atoms with Crippen molar-refractivity contribution in [3.05, 3.63) is 24.4 Å². The topological polar surface area (TPSA) is 104 Å². The number of carbonyl (C=O) groups is 2. The highest BCUT2D eigenvalue weighted by Gasteiger charge is 2.18. The van der Waals surface area contributed by atoms with Crippen molar-refractivity contribution in [2.75, 3.05) is 25.3 Å². The van der Waals surface area contributed by atoms with Crippen molar-refractivity contribution in [1.29, 1.82) is 0 Å². The summed E-state index contributed by atoms with van der Waals surface area (Å²) in [5.41, 5.74) is 1.73. The predicted molar refractivity (Wildman–Crippen MR) is 105 cm³/mol. The van der Waals surface area contributed by atoms with Crippen LogP contribution in [0.15, 0.2) is 24.4 Å². The first-order valence-corrected chi connectivity index (χ1v) is 9.70. The van der Waals surface area contributed by atoms with Crippen molar-refractivity contribution in [3.8, 4) is 22.8 Å². The Balaban J connectivity index is 1.29. The summed E-state index contributed by atoms with van der Waals surface area (Å²) in [5.74, 6) is 1.40. The van der Waals surface area contributed by atoms with E-state index in [1.165, 1.54) is 0 Å². The number of amides is 2. The van der Waals surface area contributed by atoms with Gasteiger partial charge < -0.3 is 24.1 Å². The predicted octanol–water partition coefficient (Wildman–Crippen LogP) is 1.83. The molecule has 0 spiro atoms. The summed E-state index contributed by atoms with van der Waals surface area (Å²) in [6.45, 7) is 1.46. The molecule has 0 unspecified atom stereocenters. The zero-order chi connectivity index (χ0) is 20.2. The quantitative estimate of drug-likeness (QED) is 0.735. The second-order valence-electron chi connectivity index (χ2n) is 7.08. The zero-order valence-electron chi connectivity index (χ0n) is 16.3. The largest absolute Gasteiger partial charge is 0.454 e. The molecule has 1 saturated heterocycles. The molecule has 4 rings (SSSR count). The Labute approximate surface area is 168 Å². The van der Waals surface area contributed by atoms with Gasteiger partial charge in [0.15, 0.2) is 11.5 Å². The minimum absolute atomic E-state index is 0.0869. The first kappa shape index (κ1) is 19.3. The highest BCUT2D eigenvalue weighted by atomic mass is 16.7. The van der Waals surface area contributed by atoms with E-state index in [0.717, 1.165) is 30.7 Å². The molecule has 0 bridgehead atoms. The molecule has 2 aliphatic heterocycles. The minimum Gasteiger partial charge on any atom is -0.454 e. The maximum absolute atomic E-state index is 12.2. The van der Waals surface area contributed by atoms with Crippen molar-refractivity contribution >= 4 is 17.8 Å². The third kappa shape index (κ3) is 4.51. The molecule has 9 heteroatoms. The third-order valence-corrected chi connectivity index (χ3v) is 5.04. The molecule has 1 aromatic carbocycles. The Hall–Kier alpha value is -3.07. The molecule has 9 nitrogen and oxygen atoms in total. The van der Waals surface area contributed by atoms with Crippen molar-refractivity contribution in [2.45, 2.75) is 31.8 Å². The third-order valence-electron chi connectivity index (χ3n) is 5.04. The first-order valence-electron chi connectivity index (χ1n) is 9.70. The molecule has 29 heavy (non-hydrogen) atoms. The lowest BCUT2D eigenvalue weighted by atomic mass is 10.1. The molecule has 3 heterocycles.